The van der Waals surface area contributed by atoms with Crippen LogP contribution in [0.2, 0.25) is 10.0 Å². The smallest absolute Gasteiger partial charge is 0.256 e. The van der Waals surface area contributed by atoms with Gasteiger partial charge in [-0.15, -0.1) is 11.3 Å². The van der Waals surface area contributed by atoms with Crippen molar-refractivity contribution >= 4 is 67.4 Å². The zero-order valence-corrected chi connectivity index (χ0v) is 25.1. The number of hydrogen-bond donors (Lipinski definition) is 2. The Hall–Kier alpha value is -2.86. The molecule has 1 aliphatic rings. The number of ether oxygens (including phenoxy) is 1. The van der Waals surface area contributed by atoms with Crippen LogP contribution >= 0.6 is 34.5 Å². The maximum Gasteiger partial charge on any atom is 0.256 e. The van der Waals surface area contributed by atoms with Gasteiger partial charge in [0.15, 0.2) is 15.6 Å². The number of benzene rings is 1. The van der Waals surface area contributed by atoms with Gasteiger partial charge >= 0.3 is 0 Å². The van der Waals surface area contributed by atoms with Crippen molar-refractivity contribution in [1.29, 1.82) is 0 Å². The maximum atomic E-state index is 12.6. The second-order valence-electron chi connectivity index (χ2n) is 9.62. The van der Waals surface area contributed by atoms with E-state index in [1.54, 1.807) is 47.5 Å². The van der Waals surface area contributed by atoms with E-state index >= 15 is 0 Å². The Balaban J connectivity index is 0.000000218. The fourth-order valence-corrected chi connectivity index (χ4v) is 6.20. The highest BCUT2D eigenvalue weighted by molar-refractivity contribution is 7.91. The first-order valence-corrected chi connectivity index (χ1v) is 15.3. The summed E-state index contributed by atoms with van der Waals surface area (Å²) in [6.45, 7) is 6.90. The van der Waals surface area contributed by atoms with Gasteiger partial charge in [-0.05, 0) is 35.7 Å². The van der Waals surface area contributed by atoms with Crippen LogP contribution in [0.15, 0.2) is 42.7 Å². The number of nitrogens with zero attached hydrogens (tertiary/aromatic N) is 2. The zero-order valence-electron chi connectivity index (χ0n) is 22.0. The Labute approximate surface area is 242 Å². The highest BCUT2D eigenvalue weighted by atomic mass is 35.5. The Morgan fingerprint density at radius 1 is 1.10 bits per heavy atom. The minimum absolute atomic E-state index is 0.0139. The molecule has 1 saturated heterocycles. The third-order valence-corrected chi connectivity index (χ3v) is 9.40. The molecule has 39 heavy (non-hydrogen) atoms. The molecule has 0 spiro atoms. The summed E-state index contributed by atoms with van der Waals surface area (Å²) in [5.41, 5.74) is 1.30. The van der Waals surface area contributed by atoms with Gasteiger partial charge in [0.1, 0.15) is 20.8 Å². The first-order valence-electron chi connectivity index (χ1n) is 11.9. The molecule has 3 heterocycles. The molecule has 0 saturated carbocycles. The molecule has 210 valence electrons. The van der Waals surface area contributed by atoms with Crippen LogP contribution in [-0.4, -0.2) is 62.3 Å². The van der Waals surface area contributed by atoms with Crippen LogP contribution in [0, 0.1) is 0 Å². The van der Waals surface area contributed by atoms with Crippen LogP contribution in [-0.2, 0) is 20.0 Å². The number of pyridine rings is 1. The van der Waals surface area contributed by atoms with E-state index in [4.69, 9.17) is 27.9 Å². The summed E-state index contributed by atoms with van der Waals surface area (Å²) < 4.78 is 28.5. The van der Waals surface area contributed by atoms with Crippen LogP contribution in [0.1, 0.15) is 36.0 Å². The third-order valence-electron chi connectivity index (χ3n) is 5.67. The lowest BCUT2D eigenvalue weighted by Gasteiger charge is -2.26. The number of amides is 2. The van der Waals surface area contributed by atoms with Crippen LogP contribution in [0.3, 0.4) is 0 Å². The molecule has 2 aromatic heterocycles. The number of carbonyl (C=O) groups excluding carboxylic acids is 2. The summed E-state index contributed by atoms with van der Waals surface area (Å²) in [4.78, 5) is 29.5. The van der Waals surface area contributed by atoms with Gasteiger partial charge in [-0.3, -0.25) is 14.6 Å². The molecular weight excluding hydrogens is 583 g/mol. The quantitative estimate of drug-likeness (QED) is 0.342. The molecule has 0 unspecified atom stereocenters. The standard InChI is InChI=1S/C14H22N2O3S2.C12H8Cl2N2O2/c1-14(2,3)11-9-10(12(15-4)20-11)13(17)16-5-7-21(18,19)8-6-16;13-10-5-15-6-11(14)12(10)18-9-3-1-8(2-4-9)16-7-17/h9,15H,5-8H2,1-4H3;1-7H,(H,16,17). The molecule has 1 fully saturated rings. The summed E-state index contributed by atoms with van der Waals surface area (Å²) >= 11 is 13.4. The van der Waals surface area contributed by atoms with E-state index in [0.29, 0.717) is 39.2 Å². The van der Waals surface area contributed by atoms with Gasteiger partial charge in [-0.2, -0.15) is 0 Å². The van der Waals surface area contributed by atoms with Crippen molar-refractivity contribution in [2.24, 2.45) is 0 Å². The van der Waals surface area contributed by atoms with E-state index in [0.717, 1.165) is 9.88 Å². The van der Waals surface area contributed by atoms with Crippen LogP contribution in [0.4, 0.5) is 10.7 Å². The molecular formula is C26H30Cl2N4O5S2. The number of aromatic nitrogens is 1. The first-order chi connectivity index (χ1) is 18.3. The number of nitrogens with one attached hydrogen (secondary N) is 2. The van der Waals surface area contributed by atoms with Crippen molar-refractivity contribution < 1.29 is 22.7 Å². The number of hydrogen-bond acceptors (Lipinski definition) is 8. The minimum Gasteiger partial charge on any atom is -0.454 e. The molecule has 0 radical (unpaired) electrons. The van der Waals surface area contributed by atoms with E-state index < -0.39 is 9.84 Å². The maximum absolute atomic E-state index is 12.6. The van der Waals surface area contributed by atoms with Gasteiger partial charge in [0.2, 0.25) is 6.41 Å². The van der Waals surface area contributed by atoms with Gasteiger partial charge in [-0.1, -0.05) is 44.0 Å². The highest BCUT2D eigenvalue weighted by Gasteiger charge is 2.29. The van der Waals surface area contributed by atoms with Gasteiger partial charge in [0.05, 0.1) is 17.1 Å². The van der Waals surface area contributed by atoms with Gasteiger partial charge in [0.25, 0.3) is 5.91 Å². The van der Waals surface area contributed by atoms with Crippen molar-refractivity contribution in [2.75, 3.05) is 42.3 Å². The van der Waals surface area contributed by atoms with Gasteiger partial charge in [0, 0.05) is 43.1 Å². The monoisotopic (exact) mass is 612 g/mol. The van der Waals surface area contributed by atoms with Crippen LogP contribution in [0.25, 0.3) is 0 Å². The summed E-state index contributed by atoms with van der Waals surface area (Å²) in [6.07, 6.45) is 3.50. The number of carbonyl (C=O) groups is 2. The van der Waals surface area contributed by atoms with Crippen molar-refractivity contribution in [1.82, 2.24) is 9.88 Å². The largest absolute Gasteiger partial charge is 0.454 e. The predicted molar refractivity (Wildman–Crippen MR) is 158 cm³/mol. The second-order valence-corrected chi connectivity index (χ2v) is 13.8. The molecule has 0 aliphatic carbocycles. The highest BCUT2D eigenvalue weighted by Crippen LogP contribution is 2.37. The first kappa shape index (κ1) is 30.7. The van der Waals surface area contributed by atoms with Gasteiger partial charge < -0.3 is 20.3 Å². The number of thiophene rings is 1. The molecule has 1 aromatic carbocycles. The Morgan fingerprint density at radius 3 is 2.21 bits per heavy atom. The molecule has 2 amide bonds. The minimum atomic E-state index is -2.97. The molecule has 2 N–H and O–H groups in total. The lowest BCUT2D eigenvalue weighted by molar-refractivity contribution is -0.105. The average Bonchev–Trinajstić information content (AvgIpc) is 3.33. The molecule has 4 rings (SSSR count). The number of sulfone groups is 1. The van der Waals surface area contributed by atoms with E-state index in [2.05, 4.69) is 36.4 Å². The van der Waals surface area contributed by atoms with Crippen molar-refractivity contribution in [3.8, 4) is 11.5 Å². The summed E-state index contributed by atoms with van der Waals surface area (Å²) in [5, 5.41) is 7.11. The normalized spacial score (nSPS) is 14.6. The predicted octanol–water partition coefficient (Wildman–Crippen LogP) is 5.71. The van der Waals surface area contributed by atoms with Crippen LogP contribution < -0.4 is 15.4 Å². The Kier molecular flexibility index (Phi) is 10.2. The Bertz CT molecular complexity index is 1390. The topological polar surface area (TPSA) is 118 Å². The number of anilines is 2. The fraction of sp³-hybridized carbons (Fsp3) is 0.346. The SMILES string of the molecule is CNc1sc(C(C)(C)C)cc1C(=O)N1CCS(=O)(=O)CC1.O=CNc1ccc(Oc2c(Cl)cncc2Cl)cc1. The van der Waals surface area contributed by atoms with Gasteiger partial charge in [-0.25, -0.2) is 8.42 Å². The lowest BCUT2D eigenvalue weighted by Crippen LogP contribution is -2.43. The summed E-state index contributed by atoms with van der Waals surface area (Å²) in [6, 6.07) is 8.72. The molecule has 3 aromatic rings. The zero-order chi connectivity index (χ0) is 28.8. The van der Waals surface area contributed by atoms with E-state index in [9.17, 15) is 18.0 Å². The Morgan fingerprint density at radius 2 is 1.69 bits per heavy atom. The summed E-state index contributed by atoms with van der Waals surface area (Å²) in [5.74, 6) is 0.945. The summed E-state index contributed by atoms with van der Waals surface area (Å²) in [7, 11) is -1.17. The second kappa shape index (κ2) is 13.0. The molecule has 0 bridgehead atoms. The fourth-order valence-electron chi connectivity index (χ4n) is 3.49. The van der Waals surface area contributed by atoms with E-state index in [1.807, 2.05) is 6.07 Å². The van der Waals surface area contributed by atoms with Crippen LogP contribution in [0.5, 0.6) is 11.5 Å². The third kappa shape index (κ3) is 8.31. The van der Waals surface area contributed by atoms with Crippen molar-refractivity contribution in [3.63, 3.8) is 0 Å². The average molecular weight is 614 g/mol. The molecule has 9 nitrogen and oxygen atoms in total. The lowest BCUT2D eigenvalue weighted by atomic mass is 9.94. The molecule has 0 atom stereocenters. The van der Waals surface area contributed by atoms with E-state index in [-0.39, 0.29) is 35.9 Å². The molecule has 13 heteroatoms. The van der Waals surface area contributed by atoms with Crippen molar-refractivity contribution in [2.45, 2.75) is 26.2 Å². The van der Waals surface area contributed by atoms with Crippen molar-refractivity contribution in [3.05, 3.63) is 63.2 Å². The van der Waals surface area contributed by atoms with E-state index in [1.165, 1.54) is 12.4 Å². The number of halogens is 2. The number of rotatable bonds is 6. The molecule has 1 aliphatic heterocycles.